The Bertz CT molecular complexity index is 372. The van der Waals surface area contributed by atoms with Gasteiger partial charge in [-0.25, -0.2) is 8.42 Å². The molecule has 0 radical (unpaired) electrons. The first kappa shape index (κ1) is 15.9. The number of rotatable bonds is 9. The summed E-state index contributed by atoms with van der Waals surface area (Å²) in [5.74, 6) is -1.25. The maximum absolute atomic E-state index is 11.8. The van der Waals surface area contributed by atoms with Crippen LogP contribution in [0.4, 0.5) is 0 Å². The molecule has 0 aromatic carbocycles. The van der Waals surface area contributed by atoms with E-state index in [0.717, 1.165) is 4.31 Å². The first-order valence-electron chi connectivity index (χ1n) is 5.50. The lowest BCUT2D eigenvalue weighted by Crippen LogP contribution is -2.37. The summed E-state index contributed by atoms with van der Waals surface area (Å²) >= 11 is 0. The molecule has 7 heteroatoms. The molecule has 17 heavy (non-hydrogen) atoms. The Morgan fingerprint density at radius 3 is 2.53 bits per heavy atom. The van der Waals surface area contributed by atoms with Crippen molar-refractivity contribution in [2.45, 2.75) is 32.6 Å². The Hall–Kier alpha value is -1.13. The second-order valence-corrected chi connectivity index (χ2v) is 5.75. The minimum absolute atomic E-state index is 0.0953. The summed E-state index contributed by atoms with van der Waals surface area (Å²) in [4.78, 5) is 10.6. The van der Waals surface area contributed by atoms with Crippen molar-refractivity contribution < 1.29 is 18.3 Å². The van der Waals surface area contributed by atoms with Gasteiger partial charge in [-0.1, -0.05) is 6.92 Å². The number of nitriles is 1. The van der Waals surface area contributed by atoms with Crippen molar-refractivity contribution in [1.82, 2.24) is 4.31 Å². The number of hydrogen-bond donors (Lipinski definition) is 1. The smallest absolute Gasteiger partial charge is 0.318 e. The highest BCUT2D eigenvalue weighted by atomic mass is 32.2. The van der Waals surface area contributed by atoms with Gasteiger partial charge in [-0.05, 0) is 19.3 Å². The van der Waals surface area contributed by atoms with Gasteiger partial charge < -0.3 is 5.11 Å². The van der Waals surface area contributed by atoms with Crippen LogP contribution in [0.1, 0.15) is 32.6 Å². The van der Waals surface area contributed by atoms with E-state index in [-0.39, 0.29) is 12.3 Å². The van der Waals surface area contributed by atoms with Crippen molar-refractivity contribution in [3.05, 3.63) is 0 Å². The topological polar surface area (TPSA) is 98.5 Å². The molecule has 0 aliphatic rings. The van der Waals surface area contributed by atoms with Crippen molar-refractivity contribution in [3.63, 3.8) is 0 Å². The van der Waals surface area contributed by atoms with Gasteiger partial charge in [-0.2, -0.15) is 9.57 Å². The minimum atomic E-state index is -3.52. The summed E-state index contributed by atoms with van der Waals surface area (Å²) in [5.41, 5.74) is 0. The lowest BCUT2D eigenvalue weighted by atomic mass is 10.3. The second-order valence-electron chi connectivity index (χ2n) is 3.66. The number of aliphatic carboxylic acids is 1. The van der Waals surface area contributed by atoms with Gasteiger partial charge >= 0.3 is 5.97 Å². The average molecular weight is 262 g/mol. The van der Waals surface area contributed by atoms with Gasteiger partial charge in [-0.15, -0.1) is 0 Å². The molecule has 0 bridgehead atoms. The van der Waals surface area contributed by atoms with Gasteiger partial charge in [0.25, 0.3) is 0 Å². The number of carbonyl (C=O) groups is 1. The molecule has 98 valence electrons. The first-order chi connectivity index (χ1) is 7.94. The van der Waals surface area contributed by atoms with E-state index in [2.05, 4.69) is 0 Å². The zero-order valence-corrected chi connectivity index (χ0v) is 10.7. The van der Waals surface area contributed by atoms with Crippen LogP contribution in [-0.4, -0.2) is 42.6 Å². The van der Waals surface area contributed by atoms with E-state index in [1.165, 1.54) is 0 Å². The molecule has 0 spiro atoms. The third-order valence-corrected chi connectivity index (χ3v) is 4.02. The highest BCUT2D eigenvalue weighted by molar-refractivity contribution is 7.89. The molecule has 0 rings (SSSR count). The van der Waals surface area contributed by atoms with Crippen molar-refractivity contribution in [1.29, 1.82) is 5.26 Å². The molecule has 0 aliphatic carbocycles. The second kappa shape index (κ2) is 8.03. The Balaban J connectivity index is 4.39. The van der Waals surface area contributed by atoms with Crippen LogP contribution in [0, 0.1) is 11.3 Å². The zero-order chi connectivity index (χ0) is 13.3. The molecule has 0 heterocycles. The van der Waals surface area contributed by atoms with Crippen LogP contribution in [0.2, 0.25) is 0 Å². The van der Waals surface area contributed by atoms with E-state index in [9.17, 15) is 13.2 Å². The number of unbranched alkanes of at least 4 members (excludes halogenated alkanes) is 2. The molecule has 0 fully saturated rings. The number of carboxylic acids is 1. The normalized spacial score (nSPS) is 11.4. The van der Waals surface area contributed by atoms with Crippen LogP contribution < -0.4 is 0 Å². The molecular weight excluding hydrogens is 244 g/mol. The van der Waals surface area contributed by atoms with Crippen LogP contribution >= 0.6 is 0 Å². The molecule has 0 unspecified atom stereocenters. The number of nitrogens with zero attached hydrogens (tertiary/aromatic N) is 2. The molecule has 0 saturated heterocycles. The van der Waals surface area contributed by atoms with Crippen LogP contribution in [0.5, 0.6) is 0 Å². The van der Waals surface area contributed by atoms with E-state index in [1.54, 1.807) is 6.92 Å². The summed E-state index contributed by atoms with van der Waals surface area (Å²) in [6.07, 6.45) is 1.80. The van der Waals surface area contributed by atoms with Crippen molar-refractivity contribution >= 4 is 16.0 Å². The fourth-order valence-electron chi connectivity index (χ4n) is 1.33. The molecule has 6 nitrogen and oxygen atoms in total. The molecular formula is C10H18N2O4S. The molecule has 0 aliphatic heterocycles. The Morgan fingerprint density at radius 2 is 2.06 bits per heavy atom. The van der Waals surface area contributed by atoms with Crippen molar-refractivity contribution in [3.8, 4) is 6.07 Å². The quantitative estimate of drug-likeness (QED) is 0.620. The third-order valence-electron chi connectivity index (χ3n) is 2.12. The summed E-state index contributed by atoms with van der Waals surface area (Å²) in [7, 11) is -3.52. The summed E-state index contributed by atoms with van der Waals surface area (Å²) in [6.45, 7) is 1.52. The lowest BCUT2D eigenvalue weighted by molar-refractivity contribution is -0.137. The number of hydrogen-bond acceptors (Lipinski definition) is 4. The van der Waals surface area contributed by atoms with Gasteiger partial charge in [0.05, 0.1) is 11.8 Å². The molecule has 1 N–H and O–H groups in total. The summed E-state index contributed by atoms with van der Waals surface area (Å²) < 4.78 is 24.6. The van der Waals surface area contributed by atoms with Crippen LogP contribution in [-0.2, 0) is 14.8 Å². The van der Waals surface area contributed by atoms with Gasteiger partial charge in [0.15, 0.2) is 0 Å². The third kappa shape index (κ3) is 6.92. The minimum Gasteiger partial charge on any atom is -0.480 e. The van der Waals surface area contributed by atoms with Crippen LogP contribution in [0.3, 0.4) is 0 Å². The SMILES string of the molecule is CCCN(CC(=O)O)S(=O)(=O)CCCCC#N. The first-order valence-corrected chi connectivity index (χ1v) is 7.11. The fraction of sp³-hybridized carbons (Fsp3) is 0.800. The summed E-state index contributed by atoms with van der Waals surface area (Å²) in [6, 6.07) is 1.94. The highest BCUT2D eigenvalue weighted by Gasteiger charge is 2.22. The summed E-state index contributed by atoms with van der Waals surface area (Å²) in [5, 5.41) is 17.0. The number of carboxylic acid groups (broad SMARTS) is 1. The van der Waals surface area contributed by atoms with E-state index in [0.29, 0.717) is 25.7 Å². The van der Waals surface area contributed by atoms with Crippen LogP contribution in [0.15, 0.2) is 0 Å². The van der Waals surface area contributed by atoms with E-state index >= 15 is 0 Å². The molecule has 0 amide bonds. The van der Waals surface area contributed by atoms with Crippen molar-refractivity contribution in [2.75, 3.05) is 18.8 Å². The predicted molar refractivity (Wildman–Crippen MR) is 62.8 cm³/mol. The Kier molecular flexibility index (Phi) is 7.50. The van der Waals surface area contributed by atoms with E-state index in [4.69, 9.17) is 10.4 Å². The fourth-order valence-corrected chi connectivity index (χ4v) is 2.93. The van der Waals surface area contributed by atoms with Gasteiger partial charge in [-0.3, -0.25) is 4.79 Å². The van der Waals surface area contributed by atoms with Gasteiger partial charge in [0.1, 0.15) is 6.54 Å². The standard InChI is InChI=1S/C10H18N2O4S/c1-2-7-12(9-10(13)14)17(15,16)8-5-3-4-6-11/h2-5,7-9H2,1H3,(H,13,14). The highest BCUT2D eigenvalue weighted by Crippen LogP contribution is 2.07. The van der Waals surface area contributed by atoms with Gasteiger partial charge in [0.2, 0.25) is 10.0 Å². The zero-order valence-electron chi connectivity index (χ0n) is 9.92. The molecule has 0 aromatic rings. The molecule has 0 atom stereocenters. The largest absolute Gasteiger partial charge is 0.480 e. The van der Waals surface area contributed by atoms with Gasteiger partial charge in [0, 0.05) is 13.0 Å². The van der Waals surface area contributed by atoms with Crippen LogP contribution in [0.25, 0.3) is 0 Å². The van der Waals surface area contributed by atoms with E-state index in [1.807, 2.05) is 6.07 Å². The lowest BCUT2D eigenvalue weighted by Gasteiger charge is -2.19. The Morgan fingerprint density at radius 1 is 1.41 bits per heavy atom. The Labute approximate surface area is 102 Å². The molecule has 0 aromatic heterocycles. The average Bonchev–Trinajstić information content (AvgIpc) is 2.23. The molecule has 0 saturated carbocycles. The maximum Gasteiger partial charge on any atom is 0.318 e. The maximum atomic E-state index is 11.8. The predicted octanol–water partition coefficient (Wildman–Crippen LogP) is 0.807. The number of sulfonamides is 1. The monoisotopic (exact) mass is 262 g/mol. The van der Waals surface area contributed by atoms with E-state index < -0.39 is 22.5 Å². The van der Waals surface area contributed by atoms with Crippen molar-refractivity contribution in [2.24, 2.45) is 0 Å².